The lowest BCUT2D eigenvalue weighted by molar-refractivity contribution is -0.128. The Balaban J connectivity index is 1.43. The van der Waals surface area contributed by atoms with Crippen molar-refractivity contribution in [1.29, 1.82) is 0 Å². The zero-order valence-electron chi connectivity index (χ0n) is 19.8. The van der Waals surface area contributed by atoms with Crippen LogP contribution in [0.1, 0.15) is 42.3 Å². The molecule has 2 aromatic rings. The predicted octanol–water partition coefficient (Wildman–Crippen LogP) is 2.49. The van der Waals surface area contributed by atoms with Crippen molar-refractivity contribution in [3.8, 4) is 0 Å². The van der Waals surface area contributed by atoms with E-state index in [1.807, 2.05) is 11.1 Å². The van der Waals surface area contributed by atoms with Crippen LogP contribution in [0.5, 0.6) is 0 Å². The Hall–Kier alpha value is -3.49. The number of amides is 4. The number of piperazine rings is 1. The zero-order chi connectivity index (χ0) is 23.9. The summed E-state index contributed by atoms with van der Waals surface area (Å²) in [6.07, 6.45) is 4.36. The molecule has 9 nitrogen and oxygen atoms in total. The summed E-state index contributed by atoms with van der Waals surface area (Å²) in [5.74, 6) is 0.935. The molecular formula is C24H30N6O3. The highest BCUT2D eigenvalue weighted by molar-refractivity contribution is 6.15. The second-order valence-corrected chi connectivity index (χ2v) is 9.06. The third-order valence-corrected chi connectivity index (χ3v) is 6.47. The van der Waals surface area contributed by atoms with Gasteiger partial charge in [-0.15, -0.1) is 0 Å². The van der Waals surface area contributed by atoms with Crippen LogP contribution < -0.4 is 9.80 Å². The van der Waals surface area contributed by atoms with Crippen LogP contribution in [-0.4, -0.2) is 76.4 Å². The molecule has 4 rings (SSSR count). The van der Waals surface area contributed by atoms with Crippen molar-refractivity contribution in [2.45, 2.75) is 39.7 Å². The first-order valence-electron chi connectivity index (χ1n) is 11.2. The van der Waals surface area contributed by atoms with E-state index in [2.05, 4.69) is 34.8 Å². The summed E-state index contributed by atoms with van der Waals surface area (Å²) in [5.41, 5.74) is 1.80. The van der Waals surface area contributed by atoms with Gasteiger partial charge in [-0.3, -0.25) is 19.4 Å². The molecule has 2 aromatic heterocycles. The minimum atomic E-state index is -1.03. The molecule has 2 aliphatic rings. The van der Waals surface area contributed by atoms with Gasteiger partial charge in [-0.2, -0.15) is 0 Å². The Bertz CT molecular complexity index is 1090. The standard InChI is InChI=1S/C24H30N6O3/c1-6-17-13-16(2)20(26-14-17)28-9-11-29(12-10-28)21(31)18-7-8-19(25-15-18)30-23(33)27(5)22(32)24(30,3)4/h7-8,13-15H,6,9-12H2,1-5H3. The number of carbonyl (C=O) groups excluding carboxylic acids is 3. The van der Waals surface area contributed by atoms with Crippen LogP contribution in [0.25, 0.3) is 0 Å². The van der Waals surface area contributed by atoms with Gasteiger partial charge in [0.1, 0.15) is 17.2 Å². The first-order valence-corrected chi connectivity index (χ1v) is 11.2. The second-order valence-electron chi connectivity index (χ2n) is 9.06. The Kier molecular flexibility index (Phi) is 5.82. The third kappa shape index (κ3) is 3.92. The van der Waals surface area contributed by atoms with Crippen LogP contribution in [0.3, 0.4) is 0 Å². The molecule has 4 heterocycles. The molecule has 9 heteroatoms. The summed E-state index contributed by atoms with van der Waals surface area (Å²) < 4.78 is 0. The van der Waals surface area contributed by atoms with Crippen molar-refractivity contribution >= 4 is 29.5 Å². The molecule has 0 N–H and O–H groups in total. The summed E-state index contributed by atoms with van der Waals surface area (Å²) in [4.78, 5) is 53.3. The molecule has 2 aliphatic heterocycles. The first kappa shape index (κ1) is 22.7. The van der Waals surface area contributed by atoms with Gasteiger partial charge < -0.3 is 9.80 Å². The number of imide groups is 1. The minimum Gasteiger partial charge on any atom is -0.353 e. The Morgan fingerprint density at radius 2 is 1.76 bits per heavy atom. The number of aromatic nitrogens is 2. The fourth-order valence-electron chi connectivity index (χ4n) is 4.47. The van der Waals surface area contributed by atoms with Crippen LogP contribution >= 0.6 is 0 Å². The number of likely N-dealkylation sites (N-methyl/N-ethyl adjacent to an activating group) is 1. The Morgan fingerprint density at radius 3 is 2.27 bits per heavy atom. The SMILES string of the molecule is CCc1cnc(N2CCN(C(=O)c3ccc(N4C(=O)N(C)C(=O)C4(C)C)nc3)CC2)c(C)c1. The number of hydrogen-bond donors (Lipinski definition) is 0. The number of urea groups is 1. The Labute approximate surface area is 194 Å². The van der Waals surface area contributed by atoms with Crippen molar-refractivity contribution in [2.24, 2.45) is 0 Å². The number of rotatable bonds is 4. The van der Waals surface area contributed by atoms with Gasteiger partial charge in [0, 0.05) is 45.6 Å². The third-order valence-electron chi connectivity index (χ3n) is 6.47. The van der Waals surface area contributed by atoms with Gasteiger partial charge in [-0.1, -0.05) is 13.0 Å². The summed E-state index contributed by atoms with van der Waals surface area (Å²) in [6.45, 7) is 10.2. The first-order chi connectivity index (χ1) is 15.6. The van der Waals surface area contributed by atoms with Crippen LogP contribution in [0.15, 0.2) is 30.6 Å². The van der Waals surface area contributed by atoms with Gasteiger partial charge in [0.05, 0.1) is 5.56 Å². The van der Waals surface area contributed by atoms with E-state index in [1.54, 1.807) is 26.0 Å². The summed E-state index contributed by atoms with van der Waals surface area (Å²) in [7, 11) is 1.46. The van der Waals surface area contributed by atoms with Gasteiger partial charge in [0.25, 0.3) is 11.8 Å². The zero-order valence-corrected chi connectivity index (χ0v) is 19.8. The fraction of sp³-hybridized carbons (Fsp3) is 0.458. The molecule has 0 bridgehead atoms. The fourth-order valence-corrected chi connectivity index (χ4v) is 4.47. The lowest BCUT2D eigenvalue weighted by Gasteiger charge is -2.36. The number of hydrogen-bond acceptors (Lipinski definition) is 6. The van der Waals surface area contributed by atoms with Crippen molar-refractivity contribution in [2.75, 3.05) is 43.0 Å². The van der Waals surface area contributed by atoms with Crippen molar-refractivity contribution < 1.29 is 14.4 Å². The molecule has 0 atom stereocenters. The van der Waals surface area contributed by atoms with Gasteiger partial charge >= 0.3 is 6.03 Å². The maximum Gasteiger partial charge on any atom is 0.333 e. The average molecular weight is 451 g/mol. The molecule has 0 spiro atoms. The molecule has 33 heavy (non-hydrogen) atoms. The lowest BCUT2D eigenvalue weighted by Crippen LogP contribution is -2.49. The molecule has 2 fully saturated rings. The van der Waals surface area contributed by atoms with Crippen molar-refractivity contribution in [3.63, 3.8) is 0 Å². The lowest BCUT2D eigenvalue weighted by atomic mass is 10.0. The number of pyridine rings is 2. The van der Waals surface area contributed by atoms with Crippen molar-refractivity contribution in [1.82, 2.24) is 19.8 Å². The second kappa shape index (κ2) is 8.46. The van der Waals surface area contributed by atoms with E-state index in [9.17, 15) is 14.4 Å². The maximum atomic E-state index is 13.0. The van der Waals surface area contributed by atoms with E-state index in [0.29, 0.717) is 37.6 Å². The molecular weight excluding hydrogens is 420 g/mol. The molecule has 0 radical (unpaired) electrons. The molecule has 174 valence electrons. The molecule has 0 aliphatic carbocycles. The van der Waals surface area contributed by atoms with E-state index in [1.165, 1.54) is 23.7 Å². The van der Waals surface area contributed by atoms with E-state index < -0.39 is 11.6 Å². The highest BCUT2D eigenvalue weighted by Crippen LogP contribution is 2.31. The Morgan fingerprint density at radius 1 is 1.06 bits per heavy atom. The van der Waals surface area contributed by atoms with Crippen LogP contribution in [0.4, 0.5) is 16.4 Å². The minimum absolute atomic E-state index is 0.0973. The van der Waals surface area contributed by atoms with Crippen LogP contribution in [0.2, 0.25) is 0 Å². The molecule has 0 aromatic carbocycles. The van der Waals surface area contributed by atoms with Gasteiger partial charge in [0.15, 0.2) is 0 Å². The topological polar surface area (TPSA) is 90.0 Å². The van der Waals surface area contributed by atoms with Gasteiger partial charge in [-0.05, 0) is 50.5 Å². The average Bonchev–Trinajstić information content (AvgIpc) is 2.97. The molecule has 4 amide bonds. The van der Waals surface area contributed by atoms with E-state index in [0.717, 1.165) is 22.7 Å². The summed E-state index contributed by atoms with van der Waals surface area (Å²) >= 11 is 0. The maximum absolute atomic E-state index is 13.0. The number of carbonyl (C=O) groups is 3. The monoisotopic (exact) mass is 450 g/mol. The van der Waals surface area contributed by atoms with Crippen LogP contribution in [0, 0.1) is 6.92 Å². The van der Waals surface area contributed by atoms with Crippen molar-refractivity contribution in [3.05, 3.63) is 47.3 Å². The van der Waals surface area contributed by atoms with E-state index in [-0.39, 0.29) is 11.8 Å². The number of aryl methyl sites for hydroxylation is 2. The quantitative estimate of drug-likeness (QED) is 0.665. The normalized spacial score (nSPS) is 18.3. The highest BCUT2D eigenvalue weighted by atomic mass is 16.2. The highest BCUT2D eigenvalue weighted by Gasteiger charge is 2.51. The van der Waals surface area contributed by atoms with Gasteiger partial charge in [-0.25, -0.2) is 14.8 Å². The smallest absolute Gasteiger partial charge is 0.333 e. The van der Waals surface area contributed by atoms with Crippen LogP contribution in [-0.2, 0) is 11.2 Å². The molecule has 0 saturated carbocycles. The van der Waals surface area contributed by atoms with E-state index >= 15 is 0 Å². The summed E-state index contributed by atoms with van der Waals surface area (Å²) in [6, 6.07) is 5.03. The summed E-state index contributed by atoms with van der Waals surface area (Å²) in [5, 5.41) is 0. The van der Waals surface area contributed by atoms with E-state index in [4.69, 9.17) is 0 Å². The van der Waals surface area contributed by atoms with Gasteiger partial charge in [0.2, 0.25) is 0 Å². The molecule has 2 saturated heterocycles. The predicted molar refractivity (Wildman–Crippen MR) is 125 cm³/mol. The molecule has 0 unspecified atom stereocenters. The number of anilines is 2. The largest absolute Gasteiger partial charge is 0.353 e. The number of nitrogens with zero attached hydrogens (tertiary/aromatic N) is 6.